The number of rotatable bonds is 3. The molecule has 0 amide bonds. The highest BCUT2D eigenvalue weighted by molar-refractivity contribution is 5.43. The molecule has 0 aromatic heterocycles. The molecule has 92 valence electrons. The van der Waals surface area contributed by atoms with E-state index in [-0.39, 0.29) is 0 Å². The monoisotopic (exact) mass is 229 g/mol. The molecule has 0 saturated heterocycles. The minimum absolute atomic E-state index is 0.456. The highest BCUT2D eigenvalue weighted by atomic mass is 14.6. The van der Waals surface area contributed by atoms with Gasteiger partial charge in [0.25, 0.3) is 0 Å². The zero-order chi connectivity index (χ0) is 11.7. The van der Waals surface area contributed by atoms with Crippen molar-refractivity contribution in [2.45, 2.75) is 56.8 Å². The van der Waals surface area contributed by atoms with E-state index in [1.165, 1.54) is 51.4 Å². The van der Waals surface area contributed by atoms with Crippen LogP contribution in [-0.4, -0.2) is 6.54 Å². The van der Waals surface area contributed by atoms with Crippen LogP contribution in [0.4, 0.5) is 0 Å². The van der Waals surface area contributed by atoms with Crippen LogP contribution in [0.3, 0.4) is 0 Å². The van der Waals surface area contributed by atoms with E-state index < -0.39 is 0 Å². The molecule has 1 saturated carbocycles. The van der Waals surface area contributed by atoms with Crippen molar-refractivity contribution in [1.82, 2.24) is 0 Å². The maximum Gasteiger partial charge on any atom is -0.00322 e. The lowest BCUT2D eigenvalue weighted by Crippen LogP contribution is -2.37. The molecule has 0 bridgehead atoms. The normalized spacial score (nSPS) is 21.7. The Bertz CT molecular complexity index is 404. The van der Waals surface area contributed by atoms with E-state index in [1.54, 1.807) is 16.7 Å². The minimum Gasteiger partial charge on any atom is -0.330 e. The first-order valence-corrected chi connectivity index (χ1v) is 7.17. The predicted molar refractivity (Wildman–Crippen MR) is 72.3 cm³/mol. The summed E-state index contributed by atoms with van der Waals surface area (Å²) in [4.78, 5) is 0. The second kappa shape index (κ2) is 4.45. The standard InChI is InChI=1S/C16H23N/c17-12-11-16(9-4-10-16)15-8-3-6-13-5-1-2-7-14(13)15/h3,6,8H,1-2,4-5,7,9-12,17H2. The lowest BCUT2D eigenvalue weighted by atomic mass is 9.60. The maximum atomic E-state index is 5.84. The molecule has 1 aromatic rings. The Balaban J connectivity index is 2.01. The summed E-state index contributed by atoms with van der Waals surface area (Å²) in [6.45, 7) is 0.837. The first-order chi connectivity index (χ1) is 8.36. The summed E-state index contributed by atoms with van der Waals surface area (Å²) in [7, 11) is 0. The number of fused-ring (bicyclic) bond motifs is 1. The SMILES string of the molecule is NCCC1(c2cccc3c2CCCC3)CCC1. The molecule has 17 heavy (non-hydrogen) atoms. The lowest BCUT2D eigenvalue weighted by Gasteiger charge is -2.44. The summed E-state index contributed by atoms with van der Waals surface area (Å²) in [5, 5.41) is 0. The molecule has 2 aliphatic rings. The molecule has 1 aromatic carbocycles. The third kappa shape index (κ3) is 1.81. The van der Waals surface area contributed by atoms with Crippen molar-refractivity contribution in [3.8, 4) is 0 Å². The van der Waals surface area contributed by atoms with Crippen molar-refractivity contribution in [3.63, 3.8) is 0 Å². The van der Waals surface area contributed by atoms with Crippen LogP contribution in [0.25, 0.3) is 0 Å². The fourth-order valence-electron chi connectivity index (χ4n) is 3.81. The van der Waals surface area contributed by atoms with E-state index in [4.69, 9.17) is 5.73 Å². The summed E-state index contributed by atoms with van der Waals surface area (Å²) < 4.78 is 0. The van der Waals surface area contributed by atoms with Crippen molar-refractivity contribution in [3.05, 3.63) is 34.9 Å². The van der Waals surface area contributed by atoms with Crippen LogP contribution in [0.1, 0.15) is 55.2 Å². The molecule has 0 heterocycles. The molecule has 2 N–H and O–H groups in total. The number of nitrogens with two attached hydrogens (primary N) is 1. The maximum absolute atomic E-state index is 5.84. The van der Waals surface area contributed by atoms with Crippen LogP contribution in [-0.2, 0) is 18.3 Å². The highest BCUT2D eigenvalue weighted by Crippen LogP contribution is 2.48. The van der Waals surface area contributed by atoms with Gasteiger partial charge in [0.15, 0.2) is 0 Å². The van der Waals surface area contributed by atoms with Gasteiger partial charge in [-0.1, -0.05) is 24.6 Å². The van der Waals surface area contributed by atoms with E-state index in [1.807, 2.05) is 0 Å². The topological polar surface area (TPSA) is 26.0 Å². The molecule has 2 aliphatic carbocycles. The zero-order valence-electron chi connectivity index (χ0n) is 10.7. The van der Waals surface area contributed by atoms with Crippen LogP contribution in [0.5, 0.6) is 0 Å². The average Bonchev–Trinajstić information content (AvgIpc) is 2.33. The molecule has 3 rings (SSSR count). The van der Waals surface area contributed by atoms with Gasteiger partial charge in [0.1, 0.15) is 0 Å². The Morgan fingerprint density at radius 1 is 1.06 bits per heavy atom. The summed E-state index contributed by atoms with van der Waals surface area (Å²) >= 11 is 0. The van der Waals surface area contributed by atoms with E-state index in [0.29, 0.717) is 5.41 Å². The van der Waals surface area contributed by atoms with Gasteiger partial charge in [-0.3, -0.25) is 0 Å². The van der Waals surface area contributed by atoms with Crippen LogP contribution >= 0.6 is 0 Å². The summed E-state index contributed by atoms with van der Waals surface area (Å²) in [6.07, 6.45) is 10.6. The van der Waals surface area contributed by atoms with Gasteiger partial charge in [0, 0.05) is 0 Å². The zero-order valence-corrected chi connectivity index (χ0v) is 10.7. The highest BCUT2D eigenvalue weighted by Gasteiger charge is 2.39. The Morgan fingerprint density at radius 3 is 2.59 bits per heavy atom. The lowest BCUT2D eigenvalue weighted by molar-refractivity contribution is 0.227. The molecule has 1 heteroatoms. The number of benzene rings is 1. The largest absolute Gasteiger partial charge is 0.330 e. The van der Waals surface area contributed by atoms with Crippen molar-refractivity contribution in [2.75, 3.05) is 6.54 Å². The van der Waals surface area contributed by atoms with Crippen LogP contribution < -0.4 is 5.73 Å². The Labute approximate surface area is 104 Å². The Morgan fingerprint density at radius 2 is 1.88 bits per heavy atom. The molecule has 1 nitrogen and oxygen atoms in total. The summed E-state index contributed by atoms with van der Waals surface area (Å²) in [5.41, 5.74) is 11.3. The van der Waals surface area contributed by atoms with Crippen molar-refractivity contribution < 1.29 is 0 Å². The van der Waals surface area contributed by atoms with Gasteiger partial charge < -0.3 is 5.73 Å². The van der Waals surface area contributed by atoms with Crippen LogP contribution in [0.2, 0.25) is 0 Å². The fourth-order valence-corrected chi connectivity index (χ4v) is 3.81. The second-order valence-electron chi connectivity index (χ2n) is 5.82. The second-order valence-corrected chi connectivity index (χ2v) is 5.82. The predicted octanol–water partition coefficient (Wildman–Crippen LogP) is 3.34. The molecule has 0 unspecified atom stereocenters. The number of hydrogen-bond acceptors (Lipinski definition) is 1. The molecule has 0 aliphatic heterocycles. The number of aryl methyl sites for hydroxylation is 1. The van der Waals surface area contributed by atoms with Crippen molar-refractivity contribution in [2.24, 2.45) is 5.73 Å². The van der Waals surface area contributed by atoms with E-state index in [0.717, 1.165) is 6.54 Å². The Kier molecular flexibility index (Phi) is 2.96. The van der Waals surface area contributed by atoms with Gasteiger partial charge in [-0.05, 0) is 73.6 Å². The summed E-state index contributed by atoms with van der Waals surface area (Å²) in [5.74, 6) is 0. The van der Waals surface area contributed by atoms with E-state index in [9.17, 15) is 0 Å². The van der Waals surface area contributed by atoms with Gasteiger partial charge in [-0.25, -0.2) is 0 Å². The van der Waals surface area contributed by atoms with Gasteiger partial charge in [-0.15, -0.1) is 0 Å². The smallest absolute Gasteiger partial charge is 0.00322 e. The van der Waals surface area contributed by atoms with Crippen LogP contribution in [0.15, 0.2) is 18.2 Å². The molecule has 0 spiro atoms. The van der Waals surface area contributed by atoms with Gasteiger partial charge in [0.2, 0.25) is 0 Å². The molecule has 0 radical (unpaired) electrons. The Hall–Kier alpha value is -0.820. The van der Waals surface area contributed by atoms with Gasteiger partial charge >= 0.3 is 0 Å². The molecular weight excluding hydrogens is 206 g/mol. The van der Waals surface area contributed by atoms with Gasteiger partial charge in [0.05, 0.1) is 0 Å². The minimum atomic E-state index is 0.456. The van der Waals surface area contributed by atoms with Crippen molar-refractivity contribution >= 4 is 0 Å². The fraction of sp³-hybridized carbons (Fsp3) is 0.625. The first kappa shape index (κ1) is 11.3. The molecule has 1 fully saturated rings. The molecular formula is C16H23N. The van der Waals surface area contributed by atoms with Crippen LogP contribution in [0, 0.1) is 0 Å². The summed E-state index contributed by atoms with van der Waals surface area (Å²) in [6, 6.07) is 7.00. The first-order valence-electron chi connectivity index (χ1n) is 7.17. The average molecular weight is 229 g/mol. The molecule has 0 atom stereocenters. The van der Waals surface area contributed by atoms with Gasteiger partial charge in [-0.2, -0.15) is 0 Å². The third-order valence-electron chi connectivity index (χ3n) is 4.90. The third-order valence-corrected chi connectivity index (χ3v) is 4.90. The quantitative estimate of drug-likeness (QED) is 0.845. The van der Waals surface area contributed by atoms with E-state index >= 15 is 0 Å². The number of hydrogen-bond donors (Lipinski definition) is 1. The van der Waals surface area contributed by atoms with E-state index in [2.05, 4.69) is 18.2 Å². The van der Waals surface area contributed by atoms with Crippen molar-refractivity contribution in [1.29, 1.82) is 0 Å².